The van der Waals surface area contributed by atoms with Crippen LogP contribution in [0.3, 0.4) is 0 Å². The van der Waals surface area contributed by atoms with Gasteiger partial charge in [0.05, 0.1) is 12.1 Å². The average Bonchev–Trinajstić information content (AvgIpc) is 3.35. The van der Waals surface area contributed by atoms with E-state index in [0.29, 0.717) is 18.7 Å². The lowest BCUT2D eigenvalue weighted by Crippen LogP contribution is -2.65. The first-order valence-corrected chi connectivity index (χ1v) is 16.0. The molecule has 0 bridgehead atoms. The maximum atomic E-state index is 15.8. The number of carbonyl (C=O) groups excluding carboxylic acids is 3. The Labute approximate surface area is 276 Å². The standard InChI is InChI=1S/C41H39N3O3/c1-31-37(35-24-14-6-15-25-35)44(40(47)42(31)2)39(46)41(28-32-18-8-3-9-19-32,38(45)36-26-16-7-17-27-36)43(29-33-20-10-4-11-21-33)30-34-22-12-5-13-23-34/h3-27,31,37H,28-30H2,1-2H3/t31-,37-,41+/m0/s1. The van der Waals surface area contributed by atoms with E-state index in [-0.39, 0.29) is 18.2 Å². The molecule has 0 aromatic heterocycles. The minimum absolute atomic E-state index is 0.0729. The summed E-state index contributed by atoms with van der Waals surface area (Å²) in [7, 11) is 1.72. The Morgan fingerprint density at radius 1 is 0.638 bits per heavy atom. The van der Waals surface area contributed by atoms with Crippen LogP contribution in [0.1, 0.15) is 45.6 Å². The fraction of sp³-hybridized carbons (Fsp3) is 0.195. The zero-order valence-electron chi connectivity index (χ0n) is 26.8. The van der Waals surface area contributed by atoms with E-state index in [4.69, 9.17) is 0 Å². The van der Waals surface area contributed by atoms with E-state index >= 15 is 9.59 Å². The summed E-state index contributed by atoms with van der Waals surface area (Å²) in [5.74, 6) is -0.877. The SMILES string of the molecule is C[C@H]1[C@@H](c2ccccc2)N(C(=O)[C@@](Cc2ccccc2)(C(=O)c2ccccc2)N(Cc2ccccc2)Cc2ccccc2)C(=O)N1C. The number of carbonyl (C=O) groups is 3. The van der Waals surface area contributed by atoms with Gasteiger partial charge in [-0.05, 0) is 29.2 Å². The zero-order valence-corrected chi connectivity index (χ0v) is 26.8. The van der Waals surface area contributed by atoms with Gasteiger partial charge in [-0.15, -0.1) is 0 Å². The predicted molar refractivity (Wildman–Crippen MR) is 184 cm³/mol. The highest BCUT2D eigenvalue weighted by Crippen LogP contribution is 2.40. The minimum atomic E-state index is -1.79. The third-order valence-electron chi connectivity index (χ3n) is 9.25. The molecule has 0 saturated carbocycles. The molecule has 1 saturated heterocycles. The topological polar surface area (TPSA) is 60.9 Å². The quantitative estimate of drug-likeness (QED) is 0.113. The van der Waals surface area contributed by atoms with Gasteiger partial charge in [0.25, 0.3) is 5.91 Å². The highest BCUT2D eigenvalue weighted by atomic mass is 16.2. The van der Waals surface area contributed by atoms with Crippen LogP contribution in [0.25, 0.3) is 0 Å². The second-order valence-electron chi connectivity index (χ2n) is 12.2. The Morgan fingerprint density at radius 3 is 1.55 bits per heavy atom. The monoisotopic (exact) mass is 621 g/mol. The number of likely N-dealkylation sites (N-methyl/N-ethyl adjacent to an activating group) is 1. The fourth-order valence-corrected chi connectivity index (χ4v) is 6.68. The summed E-state index contributed by atoms with van der Waals surface area (Å²) in [5.41, 5.74) is 2.18. The van der Waals surface area contributed by atoms with Crippen LogP contribution in [0.5, 0.6) is 0 Å². The van der Waals surface area contributed by atoms with Crippen molar-refractivity contribution in [2.75, 3.05) is 7.05 Å². The van der Waals surface area contributed by atoms with Gasteiger partial charge >= 0.3 is 6.03 Å². The molecule has 0 N–H and O–H groups in total. The molecule has 6 nitrogen and oxygen atoms in total. The molecule has 5 aromatic rings. The third-order valence-corrected chi connectivity index (χ3v) is 9.25. The van der Waals surface area contributed by atoms with E-state index in [9.17, 15) is 4.79 Å². The van der Waals surface area contributed by atoms with Gasteiger partial charge in [-0.3, -0.25) is 19.4 Å². The smallest absolute Gasteiger partial charge is 0.322 e. The van der Waals surface area contributed by atoms with Gasteiger partial charge in [0.2, 0.25) is 0 Å². The number of urea groups is 1. The molecule has 236 valence electrons. The third kappa shape index (κ3) is 6.38. The zero-order chi connectivity index (χ0) is 32.8. The lowest BCUT2D eigenvalue weighted by atomic mass is 9.79. The molecule has 1 heterocycles. The number of imide groups is 1. The average molecular weight is 622 g/mol. The number of nitrogens with zero attached hydrogens (tertiary/aromatic N) is 3. The van der Waals surface area contributed by atoms with E-state index < -0.39 is 23.5 Å². The molecular weight excluding hydrogens is 582 g/mol. The van der Waals surface area contributed by atoms with Gasteiger partial charge in [0, 0.05) is 32.1 Å². The molecule has 1 aliphatic rings. The maximum Gasteiger partial charge on any atom is 0.327 e. The number of amides is 3. The number of Topliss-reactive ketones (excluding diaryl/α,β-unsaturated/α-hetero) is 1. The van der Waals surface area contributed by atoms with Crippen molar-refractivity contribution < 1.29 is 14.4 Å². The number of benzene rings is 5. The van der Waals surface area contributed by atoms with Crippen molar-refractivity contribution in [3.63, 3.8) is 0 Å². The van der Waals surface area contributed by atoms with Gasteiger partial charge < -0.3 is 4.90 Å². The van der Waals surface area contributed by atoms with Crippen LogP contribution in [-0.4, -0.2) is 51.0 Å². The molecule has 5 aromatic carbocycles. The summed E-state index contributed by atoms with van der Waals surface area (Å²) in [5, 5.41) is 0. The largest absolute Gasteiger partial charge is 0.327 e. The molecule has 0 unspecified atom stereocenters. The molecule has 6 heteroatoms. The Hall–Kier alpha value is -5.33. The Balaban J connectivity index is 1.62. The molecule has 1 aliphatic heterocycles. The van der Waals surface area contributed by atoms with Crippen LogP contribution >= 0.6 is 0 Å². The normalized spacial score (nSPS) is 17.5. The highest BCUT2D eigenvalue weighted by Gasteiger charge is 2.58. The molecule has 0 aliphatic carbocycles. The molecule has 0 spiro atoms. The molecule has 1 fully saturated rings. The van der Waals surface area contributed by atoms with E-state index in [1.165, 1.54) is 4.90 Å². The first-order chi connectivity index (χ1) is 22.9. The molecule has 0 radical (unpaired) electrons. The van der Waals surface area contributed by atoms with Crippen molar-refractivity contribution in [3.05, 3.63) is 179 Å². The van der Waals surface area contributed by atoms with Crippen LogP contribution in [-0.2, 0) is 24.3 Å². The molecule has 6 rings (SSSR count). The van der Waals surface area contributed by atoms with Gasteiger partial charge in [-0.25, -0.2) is 4.79 Å². The van der Waals surface area contributed by atoms with Crippen LogP contribution in [0.4, 0.5) is 4.79 Å². The van der Waals surface area contributed by atoms with Gasteiger partial charge in [0.15, 0.2) is 11.3 Å². The van der Waals surface area contributed by atoms with Crippen LogP contribution < -0.4 is 0 Å². The second kappa shape index (κ2) is 14.0. The van der Waals surface area contributed by atoms with Crippen molar-refractivity contribution in [2.45, 2.75) is 44.1 Å². The Kier molecular flexibility index (Phi) is 9.41. The number of hydrogen-bond acceptors (Lipinski definition) is 4. The van der Waals surface area contributed by atoms with E-state index in [1.54, 1.807) is 24.1 Å². The van der Waals surface area contributed by atoms with Crippen molar-refractivity contribution in [1.82, 2.24) is 14.7 Å². The van der Waals surface area contributed by atoms with Gasteiger partial charge in [0.1, 0.15) is 0 Å². The molecule has 3 amide bonds. The van der Waals surface area contributed by atoms with Crippen molar-refractivity contribution >= 4 is 17.7 Å². The minimum Gasteiger partial charge on any atom is -0.322 e. The summed E-state index contributed by atoms with van der Waals surface area (Å²) >= 11 is 0. The number of hydrogen-bond donors (Lipinski definition) is 0. The highest BCUT2D eigenvalue weighted by molar-refractivity contribution is 6.21. The number of ketones is 1. The van der Waals surface area contributed by atoms with Crippen molar-refractivity contribution in [3.8, 4) is 0 Å². The second-order valence-corrected chi connectivity index (χ2v) is 12.2. The first kappa shape index (κ1) is 31.6. The van der Waals surface area contributed by atoms with Crippen LogP contribution in [0.2, 0.25) is 0 Å². The summed E-state index contributed by atoms with van der Waals surface area (Å²) in [4.78, 5) is 50.4. The van der Waals surface area contributed by atoms with Crippen molar-refractivity contribution in [2.24, 2.45) is 0 Å². The number of rotatable bonds is 11. The summed E-state index contributed by atoms with van der Waals surface area (Å²) in [6.45, 7) is 2.55. The van der Waals surface area contributed by atoms with E-state index in [0.717, 1.165) is 22.3 Å². The maximum absolute atomic E-state index is 15.8. The van der Waals surface area contributed by atoms with Gasteiger partial charge in [-0.1, -0.05) is 152 Å². The lowest BCUT2D eigenvalue weighted by Gasteiger charge is -2.44. The first-order valence-electron chi connectivity index (χ1n) is 16.0. The molecule has 3 atom stereocenters. The van der Waals surface area contributed by atoms with E-state index in [2.05, 4.69) is 0 Å². The Morgan fingerprint density at radius 2 is 1.06 bits per heavy atom. The van der Waals surface area contributed by atoms with Crippen LogP contribution in [0, 0.1) is 0 Å². The summed E-state index contributed by atoms with van der Waals surface area (Å²) in [6, 6.07) is 46.7. The van der Waals surface area contributed by atoms with E-state index in [1.807, 2.05) is 151 Å². The summed E-state index contributed by atoms with van der Waals surface area (Å²) < 4.78 is 0. The fourth-order valence-electron chi connectivity index (χ4n) is 6.68. The van der Waals surface area contributed by atoms with Gasteiger partial charge in [-0.2, -0.15) is 0 Å². The predicted octanol–water partition coefficient (Wildman–Crippen LogP) is 7.58. The van der Waals surface area contributed by atoms with Crippen LogP contribution in [0.15, 0.2) is 152 Å². The lowest BCUT2D eigenvalue weighted by molar-refractivity contribution is -0.140. The Bertz CT molecular complexity index is 1760. The summed E-state index contributed by atoms with van der Waals surface area (Å²) in [6.07, 6.45) is 0.0729. The van der Waals surface area contributed by atoms with Crippen molar-refractivity contribution in [1.29, 1.82) is 0 Å². The molecular formula is C41H39N3O3. The molecule has 47 heavy (non-hydrogen) atoms.